The first-order valence-corrected chi connectivity index (χ1v) is 8.96. The molecular weight excluding hydrogens is 338 g/mol. The molecule has 1 unspecified atom stereocenters. The summed E-state index contributed by atoms with van der Waals surface area (Å²) in [4.78, 5) is 4.61. The molecule has 1 aliphatic rings. The highest BCUT2D eigenvalue weighted by Crippen LogP contribution is 2.20. The van der Waals surface area contributed by atoms with Gasteiger partial charge in [-0.15, -0.1) is 0 Å². The number of nitrogens with zero attached hydrogens (tertiary/aromatic N) is 4. The van der Waals surface area contributed by atoms with Crippen molar-refractivity contribution in [3.63, 3.8) is 0 Å². The van der Waals surface area contributed by atoms with Gasteiger partial charge in [-0.3, -0.25) is 14.5 Å². The van der Waals surface area contributed by atoms with E-state index in [0.29, 0.717) is 13.0 Å². The van der Waals surface area contributed by atoms with Gasteiger partial charge in [-0.25, -0.2) is 8.78 Å². The molecule has 2 heterocycles. The Morgan fingerprint density at radius 3 is 2.65 bits per heavy atom. The molecule has 2 aromatic rings. The van der Waals surface area contributed by atoms with Gasteiger partial charge in [0.25, 0.3) is 0 Å². The smallest absolute Gasteiger partial charge is 0.159 e. The van der Waals surface area contributed by atoms with Crippen LogP contribution in [0.1, 0.15) is 23.2 Å². The van der Waals surface area contributed by atoms with E-state index in [0.717, 1.165) is 37.4 Å². The van der Waals surface area contributed by atoms with Gasteiger partial charge >= 0.3 is 0 Å². The number of halogens is 2. The Balaban J connectivity index is 1.65. The minimum atomic E-state index is -0.822. The predicted octanol–water partition coefficient (Wildman–Crippen LogP) is 2.08. The lowest BCUT2D eigenvalue weighted by atomic mass is 10.1. The van der Waals surface area contributed by atoms with E-state index in [2.05, 4.69) is 21.8 Å². The Bertz CT molecular complexity index is 749. The average molecular weight is 364 g/mol. The molecular formula is C19H26F2N4O. The van der Waals surface area contributed by atoms with E-state index in [1.54, 1.807) is 6.07 Å². The van der Waals surface area contributed by atoms with Gasteiger partial charge in [-0.1, -0.05) is 6.07 Å². The normalized spacial score (nSPS) is 19.2. The van der Waals surface area contributed by atoms with Crippen LogP contribution in [0.3, 0.4) is 0 Å². The fraction of sp³-hybridized carbons (Fsp3) is 0.526. The SMILES string of the molecule is Cc1c(CN2CCN(Cc3ccc(F)c(F)c3)C(CCO)C2)cnn1C. The summed E-state index contributed by atoms with van der Waals surface area (Å²) in [7, 11) is 1.94. The molecule has 0 aliphatic carbocycles. The second-order valence-corrected chi connectivity index (χ2v) is 7.00. The Morgan fingerprint density at radius 2 is 2.00 bits per heavy atom. The number of benzene rings is 1. The highest BCUT2D eigenvalue weighted by Gasteiger charge is 2.27. The van der Waals surface area contributed by atoms with Crippen LogP contribution in [0.25, 0.3) is 0 Å². The molecule has 1 aromatic carbocycles. The van der Waals surface area contributed by atoms with Crippen molar-refractivity contribution in [3.8, 4) is 0 Å². The summed E-state index contributed by atoms with van der Waals surface area (Å²) in [5.41, 5.74) is 3.13. The fourth-order valence-corrected chi connectivity index (χ4v) is 3.54. The zero-order valence-electron chi connectivity index (χ0n) is 15.3. The average Bonchev–Trinajstić information content (AvgIpc) is 2.93. The van der Waals surface area contributed by atoms with Gasteiger partial charge in [-0.2, -0.15) is 5.10 Å². The summed E-state index contributed by atoms with van der Waals surface area (Å²) in [6, 6.07) is 4.24. The maximum atomic E-state index is 13.5. The van der Waals surface area contributed by atoms with E-state index in [9.17, 15) is 13.9 Å². The minimum absolute atomic E-state index is 0.110. The number of aromatic nitrogens is 2. The summed E-state index contributed by atoms with van der Waals surface area (Å²) >= 11 is 0. The van der Waals surface area contributed by atoms with Crippen LogP contribution < -0.4 is 0 Å². The molecule has 0 amide bonds. The number of rotatable bonds is 6. The monoisotopic (exact) mass is 364 g/mol. The van der Waals surface area contributed by atoms with Crippen molar-refractivity contribution in [1.82, 2.24) is 19.6 Å². The molecule has 0 spiro atoms. The van der Waals surface area contributed by atoms with Gasteiger partial charge in [0.2, 0.25) is 0 Å². The third-order valence-corrected chi connectivity index (χ3v) is 5.25. The quantitative estimate of drug-likeness (QED) is 0.852. The molecule has 0 radical (unpaired) electrons. The van der Waals surface area contributed by atoms with Crippen LogP contribution in [0.15, 0.2) is 24.4 Å². The summed E-state index contributed by atoms with van der Waals surface area (Å²) in [6.45, 7) is 6.11. The largest absolute Gasteiger partial charge is 0.396 e. The summed E-state index contributed by atoms with van der Waals surface area (Å²) < 4.78 is 28.5. The maximum Gasteiger partial charge on any atom is 0.159 e. The Hall–Kier alpha value is -1.83. The molecule has 1 fully saturated rings. The van der Waals surface area contributed by atoms with E-state index in [1.807, 2.05) is 17.9 Å². The van der Waals surface area contributed by atoms with Gasteiger partial charge in [0, 0.05) is 63.7 Å². The van der Waals surface area contributed by atoms with Gasteiger partial charge in [0.15, 0.2) is 11.6 Å². The molecule has 1 saturated heterocycles. The maximum absolute atomic E-state index is 13.5. The van der Waals surface area contributed by atoms with Gasteiger partial charge < -0.3 is 5.11 Å². The van der Waals surface area contributed by atoms with Gasteiger partial charge in [-0.05, 0) is 31.0 Å². The molecule has 1 aromatic heterocycles. The van der Waals surface area contributed by atoms with Gasteiger partial charge in [0.1, 0.15) is 0 Å². The summed E-state index contributed by atoms with van der Waals surface area (Å²) in [6.07, 6.45) is 2.57. The van der Waals surface area contributed by atoms with Crippen LogP contribution in [0, 0.1) is 18.6 Å². The highest BCUT2D eigenvalue weighted by molar-refractivity contribution is 5.18. The number of aryl methyl sites for hydroxylation is 1. The van der Waals surface area contributed by atoms with Crippen molar-refractivity contribution < 1.29 is 13.9 Å². The number of aliphatic hydroxyl groups excluding tert-OH is 1. The van der Waals surface area contributed by atoms with Crippen LogP contribution in [0.2, 0.25) is 0 Å². The molecule has 0 saturated carbocycles. The van der Waals surface area contributed by atoms with Crippen molar-refractivity contribution in [2.45, 2.75) is 32.5 Å². The zero-order chi connectivity index (χ0) is 18.7. The van der Waals surface area contributed by atoms with E-state index in [1.165, 1.54) is 17.7 Å². The fourth-order valence-electron chi connectivity index (χ4n) is 3.54. The molecule has 142 valence electrons. The second-order valence-electron chi connectivity index (χ2n) is 7.00. The third kappa shape index (κ3) is 4.28. The van der Waals surface area contributed by atoms with Crippen LogP contribution in [-0.2, 0) is 20.1 Å². The first-order chi connectivity index (χ1) is 12.5. The Morgan fingerprint density at radius 1 is 1.19 bits per heavy atom. The molecule has 5 nitrogen and oxygen atoms in total. The van der Waals surface area contributed by atoms with Crippen LogP contribution in [0.5, 0.6) is 0 Å². The van der Waals surface area contributed by atoms with Crippen LogP contribution in [-0.4, -0.2) is 57.0 Å². The first-order valence-electron chi connectivity index (χ1n) is 8.96. The highest BCUT2D eigenvalue weighted by atomic mass is 19.2. The molecule has 1 aliphatic heterocycles. The molecule has 3 rings (SSSR count). The van der Waals surface area contributed by atoms with Crippen molar-refractivity contribution >= 4 is 0 Å². The number of hydrogen-bond acceptors (Lipinski definition) is 4. The number of piperazine rings is 1. The first kappa shape index (κ1) is 18.9. The molecule has 1 N–H and O–H groups in total. The number of aliphatic hydroxyl groups is 1. The van der Waals surface area contributed by atoms with Crippen LogP contribution >= 0.6 is 0 Å². The summed E-state index contributed by atoms with van der Waals surface area (Å²) in [5, 5.41) is 13.7. The molecule has 26 heavy (non-hydrogen) atoms. The van der Waals surface area contributed by atoms with Crippen molar-refractivity contribution in [3.05, 3.63) is 52.9 Å². The van der Waals surface area contributed by atoms with E-state index in [4.69, 9.17) is 0 Å². The lowest BCUT2D eigenvalue weighted by molar-refractivity contribution is 0.0498. The zero-order valence-corrected chi connectivity index (χ0v) is 15.3. The lowest BCUT2D eigenvalue weighted by Gasteiger charge is -2.41. The van der Waals surface area contributed by atoms with Crippen LogP contribution in [0.4, 0.5) is 8.78 Å². The topological polar surface area (TPSA) is 44.5 Å². The lowest BCUT2D eigenvalue weighted by Crippen LogP contribution is -2.52. The van der Waals surface area contributed by atoms with Crippen molar-refractivity contribution in [2.75, 3.05) is 26.2 Å². The minimum Gasteiger partial charge on any atom is -0.396 e. The number of hydrogen-bond donors (Lipinski definition) is 1. The third-order valence-electron chi connectivity index (χ3n) is 5.25. The molecule has 0 bridgehead atoms. The van der Waals surface area contributed by atoms with E-state index >= 15 is 0 Å². The van der Waals surface area contributed by atoms with Gasteiger partial charge in [0.05, 0.1) is 6.20 Å². The predicted molar refractivity (Wildman–Crippen MR) is 95.5 cm³/mol. The van der Waals surface area contributed by atoms with Crippen molar-refractivity contribution in [2.24, 2.45) is 7.05 Å². The summed E-state index contributed by atoms with van der Waals surface area (Å²) in [5.74, 6) is -1.63. The second kappa shape index (κ2) is 8.24. The Labute approximate surface area is 152 Å². The standard InChI is InChI=1S/C19H26F2N4O/c1-14-16(10-22-23(14)2)12-24-6-7-25(17(13-24)5-8-26)11-15-3-4-18(20)19(21)9-15/h3-4,9-10,17,26H,5-8,11-13H2,1-2H3. The molecule has 1 atom stereocenters. The Kier molecular flexibility index (Phi) is 6.01. The van der Waals surface area contributed by atoms with Crippen molar-refractivity contribution in [1.29, 1.82) is 0 Å². The van der Waals surface area contributed by atoms with E-state index < -0.39 is 11.6 Å². The van der Waals surface area contributed by atoms with E-state index in [-0.39, 0.29) is 12.6 Å². The molecule has 7 heteroatoms.